The van der Waals surface area contributed by atoms with Gasteiger partial charge in [0.05, 0.1) is 48.0 Å². The van der Waals surface area contributed by atoms with Gasteiger partial charge in [-0.1, -0.05) is 0 Å². The van der Waals surface area contributed by atoms with Crippen LogP contribution in [0.5, 0.6) is 0 Å². The van der Waals surface area contributed by atoms with Crippen molar-refractivity contribution in [2.24, 2.45) is 5.92 Å². The number of carbonyl (C=O) groups excluding carboxylic acids is 1. The Kier molecular flexibility index (Phi) is 5.77. The lowest BCUT2D eigenvalue weighted by molar-refractivity contribution is -0.120. The molecule has 0 bridgehead atoms. The molecular weight excluding hydrogens is 406 g/mol. The van der Waals surface area contributed by atoms with E-state index in [9.17, 15) is 10.1 Å². The number of carbonyl (C=O) groups is 1. The van der Waals surface area contributed by atoms with Crippen molar-refractivity contribution in [2.75, 3.05) is 26.4 Å². The highest BCUT2D eigenvalue weighted by Crippen LogP contribution is 2.34. The van der Waals surface area contributed by atoms with E-state index in [0.717, 1.165) is 53.6 Å². The average Bonchev–Trinajstić information content (AvgIpc) is 3.45. The molecule has 5 rings (SSSR count). The third-order valence-corrected chi connectivity index (χ3v) is 6.47. The van der Waals surface area contributed by atoms with Gasteiger partial charge in [0.1, 0.15) is 11.3 Å². The van der Waals surface area contributed by atoms with Crippen LogP contribution >= 0.6 is 0 Å². The highest BCUT2D eigenvalue weighted by molar-refractivity contribution is 6.03. The summed E-state index contributed by atoms with van der Waals surface area (Å²) in [5, 5.41) is 13.4. The van der Waals surface area contributed by atoms with E-state index < -0.39 is 0 Å². The predicted molar refractivity (Wildman–Crippen MR) is 119 cm³/mol. The molecule has 2 fully saturated rings. The Labute approximate surface area is 186 Å². The van der Waals surface area contributed by atoms with Gasteiger partial charge >= 0.3 is 0 Å². The van der Waals surface area contributed by atoms with Gasteiger partial charge < -0.3 is 19.4 Å². The first-order chi connectivity index (χ1) is 15.6. The van der Waals surface area contributed by atoms with Crippen LogP contribution in [-0.2, 0) is 20.7 Å². The fraction of sp³-hybridized carbons (Fsp3) is 0.500. The Morgan fingerprint density at radius 2 is 2.22 bits per heavy atom. The third-order valence-electron chi connectivity index (χ3n) is 6.47. The molecule has 3 aromatic rings. The number of nitriles is 1. The summed E-state index contributed by atoms with van der Waals surface area (Å²) in [5.74, 6) is 1.08. The second-order valence-electron chi connectivity index (χ2n) is 8.80. The molecule has 0 radical (unpaired) electrons. The number of hydrogen-bond donors (Lipinski definition) is 1. The lowest BCUT2D eigenvalue weighted by Crippen LogP contribution is -2.32. The molecule has 166 valence electrons. The predicted octanol–water partition coefficient (Wildman–Crippen LogP) is 2.89. The van der Waals surface area contributed by atoms with Crippen molar-refractivity contribution in [3.8, 4) is 6.07 Å². The smallest absolute Gasteiger partial charge is 0.227 e. The average molecular weight is 434 g/mol. The van der Waals surface area contributed by atoms with Crippen LogP contribution in [0.1, 0.15) is 43.6 Å². The minimum atomic E-state index is -0.0384. The Bertz CT molecular complexity index is 1190. The summed E-state index contributed by atoms with van der Waals surface area (Å²) >= 11 is 0. The van der Waals surface area contributed by atoms with Gasteiger partial charge in [-0.25, -0.2) is 4.98 Å². The number of amides is 1. The molecule has 1 amide bonds. The molecule has 0 saturated carbocycles. The summed E-state index contributed by atoms with van der Waals surface area (Å²) in [6, 6.07) is 7.91. The molecule has 0 unspecified atom stereocenters. The van der Waals surface area contributed by atoms with Gasteiger partial charge in [-0.05, 0) is 44.4 Å². The maximum atomic E-state index is 12.8. The number of benzene rings is 1. The molecule has 3 atom stereocenters. The molecule has 2 aliphatic heterocycles. The molecular formula is C24H27N5O3. The van der Waals surface area contributed by atoms with E-state index in [0.29, 0.717) is 31.2 Å². The molecule has 2 aliphatic rings. The zero-order chi connectivity index (χ0) is 22.1. The van der Waals surface area contributed by atoms with Crippen molar-refractivity contribution in [2.45, 2.75) is 44.8 Å². The highest BCUT2D eigenvalue weighted by atomic mass is 16.5. The fourth-order valence-electron chi connectivity index (χ4n) is 4.83. The maximum Gasteiger partial charge on any atom is 0.227 e. The van der Waals surface area contributed by atoms with Crippen LogP contribution in [0.4, 0.5) is 0 Å². The Hall–Kier alpha value is -3.02. The lowest BCUT2D eigenvalue weighted by atomic mass is 10.0. The number of pyridine rings is 1. The van der Waals surface area contributed by atoms with Gasteiger partial charge in [-0.3, -0.25) is 9.78 Å². The van der Waals surface area contributed by atoms with E-state index in [1.807, 2.05) is 12.1 Å². The molecule has 1 N–H and O–H groups in total. The summed E-state index contributed by atoms with van der Waals surface area (Å²) in [4.78, 5) is 22.2. The summed E-state index contributed by atoms with van der Waals surface area (Å²) in [5.41, 5.74) is 3.09. The molecule has 0 aliphatic carbocycles. The first-order valence-corrected chi connectivity index (χ1v) is 11.3. The van der Waals surface area contributed by atoms with Crippen molar-refractivity contribution >= 4 is 27.8 Å². The first-order valence-electron chi connectivity index (χ1n) is 11.3. The molecule has 8 nitrogen and oxygen atoms in total. The van der Waals surface area contributed by atoms with Gasteiger partial charge in [-0.2, -0.15) is 5.26 Å². The SMILES string of the molecule is C[C@@H]1C[C@H](n2c(CC(=O)NC[C@H]3CCOC3)nc3cnc4ccc(C#N)cc4c32)CCO1. The molecule has 2 aromatic heterocycles. The highest BCUT2D eigenvalue weighted by Gasteiger charge is 2.27. The van der Waals surface area contributed by atoms with Crippen LogP contribution in [-0.4, -0.2) is 52.9 Å². The zero-order valence-corrected chi connectivity index (χ0v) is 18.2. The Balaban J connectivity index is 1.55. The number of imidazole rings is 1. The van der Waals surface area contributed by atoms with E-state index in [2.05, 4.69) is 27.9 Å². The molecule has 32 heavy (non-hydrogen) atoms. The number of aromatic nitrogens is 3. The van der Waals surface area contributed by atoms with Crippen molar-refractivity contribution in [1.29, 1.82) is 5.26 Å². The third kappa shape index (κ3) is 4.06. The second-order valence-corrected chi connectivity index (χ2v) is 8.80. The van der Waals surface area contributed by atoms with Gasteiger partial charge in [0.2, 0.25) is 5.91 Å². The van der Waals surface area contributed by atoms with E-state index in [4.69, 9.17) is 14.5 Å². The largest absolute Gasteiger partial charge is 0.381 e. The van der Waals surface area contributed by atoms with Crippen LogP contribution in [0.25, 0.3) is 21.9 Å². The van der Waals surface area contributed by atoms with Crippen molar-refractivity contribution in [3.63, 3.8) is 0 Å². The number of nitrogens with zero attached hydrogens (tertiary/aromatic N) is 4. The van der Waals surface area contributed by atoms with Crippen LogP contribution in [0, 0.1) is 17.2 Å². The van der Waals surface area contributed by atoms with E-state index >= 15 is 0 Å². The number of fused-ring (bicyclic) bond motifs is 3. The Morgan fingerprint density at radius 3 is 3.00 bits per heavy atom. The fourth-order valence-corrected chi connectivity index (χ4v) is 4.83. The molecule has 8 heteroatoms. The van der Waals surface area contributed by atoms with E-state index in [1.165, 1.54) is 0 Å². The zero-order valence-electron chi connectivity index (χ0n) is 18.2. The topological polar surface area (TPSA) is 102 Å². The Morgan fingerprint density at radius 1 is 1.31 bits per heavy atom. The monoisotopic (exact) mass is 433 g/mol. The van der Waals surface area contributed by atoms with Crippen molar-refractivity contribution in [3.05, 3.63) is 35.8 Å². The number of rotatable bonds is 5. The summed E-state index contributed by atoms with van der Waals surface area (Å²) in [6.45, 7) is 4.85. The quantitative estimate of drug-likeness (QED) is 0.664. The lowest BCUT2D eigenvalue weighted by Gasteiger charge is -2.30. The van der Waals surface area contributed by atoms with Crippen LogP contribution in [0.2, 0.25) is 0 Å². The standard InChI is InChI=1S/C24H27N5O3/c1-15-8-18(5-7-32-15)29-22(10-23(30)27-12-17-4-6-31-14-17)28-21-13-26-20-3-2-16(11-25)9-19(20)24(21)29/h2-3,9,13,15,17-18H,4-8,10,12,14H2,1H3,(H,27,30)/t15-,17-,18-/m1/s1. The molecule has 4 heterocycles. The van der Waals surface area contributed by atoms with Gasteiger partial charge in [0, 0.05) is 37.1 Å². The van der Waals surface area contributed by atoms with Gasteiger partial charge in [0.15, 0.2) is 0 Å². The normalized spacial score (nSPS) is 23.4. The number of ether oxygens (including phenoxy) is 2. The maximum absolute atomic E-state index is 12.8. The number of nitrogens with one attached hydrogen (secondary N) is 1. The molecule has 0 spiro atoms. The second kappa shape index (κ2) is 8.85. The van der Waals surface area contributed by atoms with Crippen LogP contribution in [0.3, 0.4) is 0 Å². The minimum absolute atomic E-state index is 0.0384. The summed E-state index contributed by atoms with van der Waals surface area (Å²) in [6.07, 6.45) is 4.79. The van der Waals surface area contributed by atoms with E-state index in [-0.39, 0.29) is 24.5 Å². The summed E-state index contributed by atoms with van der Waals surface area (Å²) in [7, 11) is 0. The van der Waals surface area contributed by atoms with Crippen molar-refractivity contribution in [1.82, 2.24) is 19.9 Å². The van der Waals surface area contributed by atoms with Crippen LogP contribution < -0.4 is 5.32 Å². The first kappa shape index (κ1) is 20.9. The number of hydrogen-bond acceptors (Lipinski definition) is 6. The van der Waals surface area contributed by atoms with Gasteiger partial charge in [-0.15, -0.1) is 0 Å². The molecule has 2 saturated heterocycles. The van der Waals surface area contributed by atoms with Gasteiger partial charge in [0.25, 0.3) is 0 Å². The molecule has 1 aromatic carbocycles. The van der Waals surface area contributed by atoms with E-state index in [1.54, 1.807) is 12.3 Å². The van der Waals surface area contributed by atoms with Crippen LogP contribution in [0.15, 0.2) is 24.4 Å². The minimum Gasteiger partial charge on any atom is -0.381 e. The summed E-state index contributed by atoms with van der Waals surface area (Å²) < 4.78 is 13.4. The van der Waals surface area contributed by atoms with Crippen molar-refractivity contribution < 1.29 is 14.3 Å².